The van der Waals surface area contributed by atoms with Gasteiger partial charge in [0.15, 0.2) is 6.61 Å². The molecule has 2 aliphatic rings. The number of hydrogen-bond acceptors (Lipinski definition) is 3. The van der Waals surface area contributed by atoms with E-state index in [4.69, 9.17) is 4.74 Å². The summed E-state index contributed by atoms with van der Waals surface area (Å²) in [6.07, 6.45) is 2.41. The molecule has 1 aliphatic carbocycles. The lowest BCUT2D eigenvalue weighted by atomic mass is 9.95. The minimum absolute atomic E-state index is 0.00539. The van der Waals surface area contributed by atoms with Crippen LogP contribution in [0.25, 0.3) is 0 Å². The van der Waals surface area contributed by atoms with Gasteiger partial charge in [0.1, 0.15) is 5.75 Å². The Morgan fingerprint density at radius 1 is 1.00 bits per heavy atom. The van der Waals surface area contributed by atoms with Gasteiger partial charge in [-0.25, -0.2) is 4.79 Å². The highest BCUT2D eigenvalue weighted by Gasteiger charge is 2.31. The third-order valence-corrected chi connectivity index (χ3v) is 5.61. The number of carbonyl (C=O) groups excluding carboxylic acids is 2. The Bertz CT molecular complexity index is 728. The number of carbonyl (C=O) groups is 2. The molecule has 0 atom stereocenters. The maximum atomic E-state index is 12.7. The van der Waals surface area contributed by atoms with Gasteiger partial charge in [0.25, 0.3) is 5.91 Å². The van der Waals surface area contributed by atoms with Gasteiger partial charge in [0.05, 0.1) is 5.56 Å². The fraction of sp³-hybridized carbons (Fsp3) is 0.619. The molecule has 1 saturated carbocycles. The van der Waals surface area contributed by atoms with Crippen LogP contribution in [0.2, 0.25) is 0 Å². The van der Waals surface area contributed by atoms with E-state index in [1.165, 1.54) is 18.6 Å². The number of nitrogens with zero attached hydrogens (tertiary/aromatic N) is 1. The van der Waals surface area contributed by atoms with Crippen molar-refractivity contribution in [2.75, 3.05) is 19.7 Å². The number of amides is 3. The highest BCUT2D eigenvalue weighted by Crippen LogP contribution is 2.31. The molecule has 166 valence electrons. The van der Waals surface area contributed by atoms with Crippen molar-refractivity contribution in [3.63, 3.8) is 0 Å². The van der Waals surface area contributed by atoms with Crippen LogP contribution in [0.1, 0.15) is 50.5 Å². The standard InChI is InChI=1S/C21H28F3N3O3/c22-21(23,24)15-5-4-8-18(13-15)30-14-19(28)25-17-9-11-27(12-10-17)20(29)26-16-6-2-1-3-7-16/h4-5,8,13,16-17H,1-3,6-7,9-12,14H2,(H,25,28)(H,26,29). The zero-order valence-electron chi connectivity index (χ0n) is 16.8. The fourth-order valence-corrected chi connectivity index (χ4v) is 3.92. The summed E-state index contributed by atoms with van der Waals surface area (Å²) in [5, 5.41) is 5.93. The van der Waals surface area contributed by atoms with Gasteiger partial charge >= 0.3 is 12.2 Å². The molecular weight excluding hydrogens is 399 g/mol. The van der Waals surface area contributed by atoms with Gasteiger partial charge in [-0.15, -0.1) is 0 Å². The molecule has 1 heterocycles. The van der Waals surface area contributed by atoms with E-state index in [2.05, 4.69) is 10.6 Å². The molecule has 1 saturated heterocycles. The van der Waals surface area contributed by atoms with E-state index >= 15 is 0 Å². The van der Waals surface area contributed by atoms with Gasteiger partial charge in [0, 0.05) is 25.2 Å². The van der Waals surface area contributed by atoms with Gasteiger partial charge < -0.3 is 20.3 Å². The molecule has 0 radical (unpaired) electrons. The Morgan fingerprint density at radius 3 is 2.33 bits per heavy atom. The molecule has 0 bridgehead atoms. The molecule has 2 fully saturated rings. The van der Waals surface area contributed by atoms with Crippen molar-refractivity contribution < 1.29 is 27.5 Å². The summed E-state index contributed by atoms with van der Waals surface area (Å²) in [5.41, 5.74) is -0.820. The topological polar surface area (TPSA) is 70.7 Å². The molecule has 0 spiro atoms. The van der Waals surface area contributed by atoms with E-state index < -0.39 is 17.6 Å². The van der Waals surface area contributed by atoms with Crippen LogP contribution in [0, 0.1) is 0 Å². The van der Waals surface area contributed by atoms with Crippen LogP contribution in [-0.2, 0) is 11.0 Å². The van der Waals surface area contributed by atoms with Crippen LogP contribution in [-0.4, -0.2) is 48.6 Å². The Labute approximate surface area is 174 Å². The number of nitrogens with one attached hydrogen (secondary N) is 2. The summed E-state index contributed by atoms with van der Waals surface area (Å²) >= 11 is 0. The molecule has 3 amide bonds. The summed E-state index contributed by atoms with van der Waals surface area (Å²) in [5.74, 6) is -0.397. The number of urea groups is 1. The zero-order valence-corrected chi connectivity index (χ0v) is 16.8. The van der Waals surface area contributed by atoms with Crippen molar-refractivity contribution in [3.8, 4) is 5.75 Å². The third-order valence-electron chi connectivity index (χ3n) is 5.61. The smallest absolute Gasteiger partial charge is 0.416 e. The van der Waals surface area contributed by atoms with Gasteiger partial charge in [-0.05, 0) is 43.9 Å². The van der Waals surface area contributed by atoms with Crippen LogP contribution < -0.4 is 15.4 Å². The van der Waals surface area contributed by atoms with Crippen molar-refractivity contribution >= 4 is 11.9 Å². The molecule has 3 rings (SSSR count). The summed E-state index contributed by atoms with van der Waals surface area (Å²) in [4.78, 5) is 26.2. The Hall–Kier alpha value is -2.45. The highest BCUT2D eigenvalue weighted by atomic mass is 19.4. The summed E-state index contributed by atoms with van der Waals surface area (Å²) in [6, 6.07) is 4.58. The Kier molecular flexibility index (Phi) is 7.44. The molecule has 0 unspecified atom stereocenters. The number of hydrogen-bond donors (Lipinski definition) is 2. The lowest BCUT2D eigenvalue weighted by Gasteiger charge is -2.34. The number of piperidine rings is 1. The molecule has 1 aromatic rings. The summed E-state index contributed by atoms with van der Waals surface area (Å²) in [6.45, 7) is 0.750. The minimum Gasteiger partial charge on any atom is -0.484 e. The molecule has 2 N–H and O–H groups in total. The van der Waals surface area contributed by atoms with E-state index in [-0.39, 0.29) is 30.5 Å². The lowest BCUT2D eigenvalue weighted by Crippen LogP contribution is -2.51. The molecule has 1 aromatic carbocycles. The van der Waals surface area contributed by atoms with E-state index in [9.17, 15) is 22.8 Å². The predicted octanol–water partition coefficient (Wildman–Crippen LogP) is 3.71. The third kappa shape index (κ3) is 6.53. The Balaban J connectivity index is 1.37. The molecule has 1 aliphatic heterocycles. The van der Waals surface area contributed by atoms with E-state index in [1.54, 1.807) is 4.90 Å². The first-order chi connectivity index (χ1) is 14.3. The molecule has 6 nitrogen and oxygen atoms in total. The molecule has 30 heavy (non-hydrogen) atoms. The van der Waals surface area contributed by atoms with Crippen molar-refractivity contribution in [2.24, 2.45) is 0 Å². The second-order valence-corrected chi connectivity index (χ2v) is 7.93. The van der Waals surface area contributed by atoms with Crippen LogP contribution in [0.3, 0.4) is 0 Å². The van der Waals surface area contributed by atoms with Crippen LogP contribution >= 0.6 is 0 Å². The van der Waals surface area contributed by atoms with Crippen molar-refractivity contribution in [2.45, 2.75) is 63.2 Å². The van der Waals surface area contributed by atoms with Crippen LogP contribution in [0.4, 0.5) is 18.0 Å². The average molecular weight is 427 g/mol. The first-order valence-electron chi connectivity index (χ1n) is 10.5. The van der Waals surface area contributed by atoms with Gasteiger partial charge in [-0.1, -0.05) is 25.3 Å². The first kappa shape index (κ1) is 22.2. The molecule has 0 aromatic heterocycles. The number of benzene rings is 1. The number of alkyl halides is 3. The maximum Gasteiger partial charge on any atom is 0.416 e. The number of ether oxygens (including phenoxy) is 1. The highest BCUT2D eigenvalue weighted by molar-refractivity contribution is 5.78. The number of likely N-dealkylation sites (tertiary alicyclic amines) is 1. The van der Waals surface area contributed by atoms with E-state index in [0.717, 1.165) is 37.8 Å². The number of halogens is 3. The maximum absolute atomic E-state index is 12.7. The average Bonchev–Trinajstić information content (AvgIpc) is 2.73. The Morgan fingerprint density at radius 2 is 1.67 bits per heavy atom. The second kappa shape index (κ2) is 10.0. The zero-order chi connectivity index (χ0) is 21.6. The molecule has 9 heteroatoms. The van der Waals surface area contributed by atoms with Crippen LogP contribution in [0.5, 0.6) is 5.75 Å². The van der Waals surface area contributed by atoms with Crippen LogP contribution in [0.15, 0.2) is 24.3 Å². The van der Waals surface area contributed by atoms with Gasteiger partial charge in [0.2, 0.25) is 0 Å². The van der Waals surface area contributed by atoms with Gasteiger partial charge in [-0.2, -0.15) is 13.2 Å². The van der Waals surface area contributed by atoms with E-state index in [1.807, 2.05) is 0 Å². The van der Waals surface area contributed by atoms with Crippen molar-refractivity contribution in [1.82, 2.24) is 15.5 Å². The lowest BCUT2D eigenvalue weighted by molar-refractivity contribution is -0.137. The van der Waals surface area contributed by atoms with E-state index in [0.29, 0.717) is 25.9 Å². The molecular formula is C21H28F3N3O3. The minimum atomic E-state index is -4.46. The monoisotopic (exact) mass is 427 g/mol. The summed E-state index contributed by atoms with van der Waals surface area (Å²) < 4.78 is 43.4. The quantitative estimate of drug-likeness (QED) is 0.753. The number of rotatable bonds is 5. The summed E-state index contributed by atoms with van der Waals surface area (Å²) in [7, 11) is 0. The van der Waals surface area contributed by atoms with Gasteiger partial charge in [-0.3, -0.25) is 4.79 Å². The largest absolute Gasteiger partial charge is 0.484 e. The SMILES string of the molecule is O=C(COc1cccc(C(F)(F)F)c1)NC1CCN(C(=O)NC2CCCCC2)CC1. The predicted molar refractivity (Wildman–Crippen MR) is 105 cm³/mol. The first-order valence-corrected chi connectivity index (χ1v) is 10.5. The second-order valence-electron chi connectivity index (χ2n) is 7.93. The fourth-order valence-electron chi connectivity index (χ4n) is 3.92. The van der Waals surface area contributed by atoms with Crippen molar-refractivity contribution in [3.05, 3.63) is 29.8 Å². The normalized spacial score (nSPS) is 18.7. The van der Waals surface area contributed by atoms with Crippen molar-refractivity contribution in [1.29, 1.82) is 0 Å².